The number of fused-ring (bicyclic) bond motifs is 1. The van der Waals surface area contributed by atoms with Gasteiger partial charge >= 0.3 is 0 Å². The quantitative estimate of drug-likeness (QED) is 0.0552. The lowest BCUT2D eigenvalue weighted by atomic mass is 9.87. The summed E-state index contributed by atoms with van der Waals surface area (Å²) in [5.74, 6) is 1.30. The van der Waals surface area contributed by atoms with E-state index in [4.69, 9.17) is 11.6 Å². The molecule has 1 aliphatic heterocycles. The van der Waals surface area contributed by atoms with Crippen LogP contribution in [0.25, 0.3) is 22.0 Å². The maximum absolute atomic E-state index is 13.7. The van der Waals surface area contributed by atoms with Gasteiger partial charge in [-0.15, -0.1) is 11.8 Å². The van der Waals surface area contributed by atoms with Gasteiger partial charge in [0.05, 0.1) is 15.3 Å². The molecule has 1 fully saturated rings. The molecule has 0 amide bonds. The molecular formula is C44H46ClN7O4S2. The Morgan fingerprint density at radius 1 is 0.931 bits per heavy atom. The van der Waals surface area contributed by atoms with Gasteiger partial charge in [-0.1, -0.05) is 66.2 Å². The maximum atomic E-state index is 13.7. The van der Waals surface area contributed by atoms with E-state index in [1.54, 1.807) is 11.8 Å². The minimum Gasteiger partial charge on any atom is -0.376 e. The summed E-state index contributed by atoms with van der Waals surface area (Å²) in [5.41, 5.74) is 5.26. The predicted molar refractivity (Wildman–Crippen MR) is 237 cm³/mol. The number of thioether (sulfide) groups is 1. The zero-order valence-corrected chi connectivity index (χ0v) is 34.8. The highest BCUT2D eigenvalue weighted by molar-refractivity contribution is 7.99. The van der Waals surface area contributed by atoms with Crippen LogP contribution < -0.4 is 14.9 Å². The Morgan fingerprint density at radius 3 is 2.41 bits per heavy atom. The van der Waals surface area contributed by atoms with Crippen LogP contribution in [0.2, 0.25) is 5.02 Å². The van der Waals surface area contributed by atoms with E-state index in [1.807, 2.05) is 74.8 Å². The molecule has 0 spiro atoms. The number of hydrogen-bond donors (Lipinski definition) is 2. The van der Waals surface area contributed by atoms with Crippen LogP contribution >= 0.6 is 23.4 Å². The fraction of sp³-hybridized carbons (Fsp3) is 0.273. The first kappa shape index (κ1) is 41.0. The summed E-state index contributed by atoms with van der Waals surface area (Å²) in [6.07, 6.45) is 5.12. The van der Waals surface area contributed by atoms with Crippen molar-refractivity contribution in [3.8, 4) is 11.1 Å². The molecular weight excluding hydrogens is 790 g/mol. The normalized spacial score (nSPS) is 14.1. The van der Waals surface area contributed by atoms with E-state index in [0.29, 0.717) is 22.6 Å². The smallest absolute Gasteiger partial charge is 0.293 e. The Bertz CT molecular complexity index is 2470. The molecule has 0 bridgehead atoms. The molecule has 7 rings (SSSR count). The van der Waals surface area contributed by atoms with Crippen molar-refractivity contribution in [2.75, 3.05) is 54.4 Å². The van der Waals surface area contributed by atoms with Gasteiger partial charge in [0.2, 0.25) is 0 Å². The van der Waals surface area contributed by atoms with Crippen molar-refractivity contribution >= 4 is 67.2 Å². The van der Waals surface area contributed by atoms with Crippen LogP contribution in [0.5, 0.6) is 0 Å². The Hall–Kier alpha value is -5.21. The van der Waals surface area contributed by atoms with E-state index in [2.05, 4.69) is 66.2 Å². The number of nitro groups is 1. The first-order valence-electron chi connectivity index (χ1n) is 19.3. The molecule has 5 aromatic carbocycles. The number of benzene rings is 5. The molecule has 300 valence electrons. The molecule has 0 unspecified atom stereocenters. The van der Waals surface area contributed by atoms with Crippen molar-refractivity contribution in [2.45, 2.75) is 41.5 Å². The summed E-state index contributed by atoms with van der Waals surface area (Å²) in [4.78, 5) is 25.7. The number of hydrogen-bond acceptors (Lipinski definition) is 10. The fourth-order valence-electron chi connectivity index (χ4n) is 7.32. The minimum atomic E-state index is -4.26. The average molecular weight is 836 g/mol. The molecule has 0 saturated carbocycles. The zero-order valence-electron chi connectivity index (χ0n) is 32.4. The Labute approximate surface area is 349 Å². The highest BCUT2D eigenvalue weighted by atomic mass is 35.5. The third kappa shape index (κ3) is 10.3. The van der Waals surface area contributed by atoms with Gasteiger partial charge in [0, 0.05) is 51.9 Å². The second-order valence-corrected chi connectivity index (χ2v) is 18.0. The van der Waals surface area contributed by atoms with E-state index in [9.17, 15) is 18.5 Å². The van der Waals surface area contributed by atoms with Crippen LogP contribution in [0.4, 0.5) is 22.9 Å². The first-order valence-corrected chi connectivity index (χ1v) is 22.1. The fourth-order valence-corrected chi connectivity index (χ4v) is 9.49. The van der Waals surface area contributed by atoms with Gasteiger partial charge in [0.25, 0.3) is 15.7 Å². The number of rotatable bonds is 16. The van der Waals surface area contributed by atoms with Crippen molar-refractivity contribution < 1.29 is 13.3 Å². The maximum Gasteiger partial charge on any atom is 0.293 e. The summed E-state index contributed by atoms with van der Waals surface area (Å²) in [6.45, 7) is 2.54. The van der Waals surface area contributed by atoms with Gasteiger partial charge in [-0.25, -0.2) is 18.4 Å². The molecule has 1 atom stereocenters. The molecule has 11 nitrogen and oxygen atoms in total. The molecule has 1 saturated heterocycles. The number of piperidine rings is 1. The molecule has 6 aromatic rings. The predicted octanol–water partition coefficient (Wildman–Crippen LogP) is 9.64. The van der Waals surface area contributed by atoms with Gasteiger partial charge < -0.3 is 15.1 Å². The number of nitro benzene ring substituents is 1. The van der Waals surface area contributed by atoms with Gasteiger partial charge in [-0.05, 0) is 124 Å². The Balaban J connectivity index is 1.02. The summed E-state index contributed by atoms with van der Waals surface area (Å²) < 4.78 is 30.1. The number of halogens is 1. The van der Waals surface area contributed by atoms with Crippen molar-refractivity contribution in [1.82, 2.24) is 14.9 Å². The van der Waals surface area contributed by atoms with E-state index in [1.165, 1.54) is 29.6 Å². The molecule has 0 aliphatic carbocycles. The van der Waals surface area contributed by atoms with Crippen molar-refractivity contribution in [1.29, 1.82) is 0 Å². The van der Waals surface area contributed by atoms with Crippen molar-refractivity contribution in [3.05, 3.63) is 142 Å². The number of aromatic nitrogens is 2. The second-order valence-electron chi connectivity index (χ2n) is 14.8. The monoisotopic (exact) mass is 835 g/mol. The molecule has 1 aromatic heterocycles. The van der Waals surface area contributed by atoms with Gasteiger partial charge in [-0.3, -0.25) is 14.8 Å². The summed E-state index contributed by atoms with van der Waals surface area (Å²) in [7, 11) is -0.302. The van der Waals surface area contributed by atoms with Crippen LogP contribution in [0.15, 0.2) is 131 Å². The van der Waals surface area contributed by atoms with Crippen LogP contribution in [0, 0.1) is 16.0 Å². The van der Waals surface area contributed by atoms with E-state index in [-0.39, 0.29) is 28.1 Å². The first-order chi connectivity index (χ1) is 28.0. The minimum absolute atomic E-state index is 0.0983. The number of nitrogens with zero attached hydrogens (tertiary/aromatic N) is 5. The Morgan fingerprint density at radius 2 is 1.67 bits per heavy atom. The number of sulfonamides is 1. The number of nitrogens with one attached hydrogen (secondary N) is 2. The van der Waals surface area contributed by atoms with Gasteiger partial charge in [-0.2, -0.15) is 0 Å². The van der Waals surface area contributed by atoms with Gasteiger partial charge in [0.15, 0.2) is 5.82 Å². The van der Waals surface area contributed by atoms with Crippen LogP contribution in [0.3, 0.4) is 0 Å². The van der Waals surface area contributed by atoms with Crippen LogP contribution in [-0.2, 0) is 16.4 Å². The molecule has 2 heterocycles. The largest absolute Gasteiger partial charge is 0.376 e. The molecule has 14 heteroatoms. The third-order valence-electron chi connectivity index (χ3n) is 10.5. The average Bonchev–Trinajstić information content (AvgIpc) is 3.23. The highest BCUT2D eigenvalue weighted by Gasteiger charge is 2.26. The van der Waals surface area contributed by atoms with Crippen LogP contribution in [0.1, 0.15) is 24.8 Å². The topological polar surface area (TPSA) is 134 Å². The molecule has 2 N–H and O–H groups in total. The lowest BCUT2D eigenvalue weighted by Crippen LogP contribution is -2.34. The Kier molecular flexibility index (Phi) is 13.1. The van der Waals surface area contributed by atoms with E-state index >= 15 is 0 Å². The van der Waals surface area contributed by atoms with Gasteiger partial charge in [0.1, 0.15) is 12.0 Å². The summed E-state index contributed by atoms with van der Waals surface area (Å²) >= 11 is 7.81. The van der Waals surface area contributed by atoms with E-state index in [0.717, 1.165) is 72.6 Å². The lowest BCUT2D eigenvalue weighted by Gasteiger charge is -2.34. The molecule has 58 heavy (non-hydrogen) atoms. The highest BCUT2D eigenvalue weighted by Crippen LogP contribution is 2.34. The number of anilines is 3. The molecule has 1 aliphatic rings. The lowest BCUT2D eigenvalue weighted by molar-refractivity contribution is -0.384. The third-order valence-corrected chi connectivity index (χ3v) is 13.2. The van der Waals surface area contributed by atoms with Crippen molar-refractivity contribution in [2.24, 2.45) is 5.92 Å². The summed E-state index contributed by atoms with van der Waals surface area (Å²) in [6, 6.07) is 36.1. The zero-order chi connectivity index (χ0) is 40.6. The standard InChI is InChI=1S/C44H46ClN7O4S2/c1-50(2)23-22-35(29-57-37-9-4-3-5-10-37)48-41-19-17-38(28-43(41)52(53)54)58(55,56)49-44-40-18-16-36(27-42(40)46-30-47-44)51-24-20-31(21-25-51)26-33-8-6-7-11-39(33)32-12-14-34(45)15-13-32/h3-19,27-28,30-31,35,48H,20-26,29H2,1-2H3,(H,46,47,49)/t35-/m1/s1. The summed E-state index contributed by atoms with van der Waals surface area (Å²) in [5, 5.41) is 16.9. The SMILES string of the molecule is CN(C)CC[C@H](CSc1ccccc1)Nc1ccc(S(=O)(=O)Nc2ncnc3cc(N4CCC(Cc5ccccc5-c5ccc(Cl)cc5)CC4)ccc23)cc1[N+](=O)[O-]. The van der Waals surface area contributed by atoms with Crippen LogP contribution in [-0.4, -0.2) is 73.7 Å². The molecule has 0 radical (unpaired) electrons. The van der Waals surface area contributed by atoms with Crippen molar-refractivity contribution in [3.63, 3.8) is 0 Å². The van der Waals surface area contributed by atoms with E-state index < -0.39 is 14.9 Å². The second kappa shape index (κ2) is 18.6.